The lowest BCUT2D eigenvalue weighted by atomic mass is 10.2. The summed E-state index contributed by atoms with van der Waals surface area (Å²) < 4.78 is 105. The van der Waals surface area contributed by atoms with E-state index in [-0.39, 0.29) is 53.7 Å². The summed E-state index contributed by atoms with van der Waals surface area (Å²) in [7, 11) is 1.12. The molecule has 9 heteroatoms. The summed E-state index contributed by atoms with van der Waals surface area (Å²) in [5.74, 6) is -2.09. The van der Waals surface area contributed by atoms with Gasteiger partial charge in [-0.05, 0) is 30.6 Å². The molecule has 0 atom stereocenters. The third kappa shape index (κ3) is 5.33. The number of anilines is 2. The van der Waals surface area contributed by atoms with Gasteiger partial charge in [0.25, 0.3) is 0 Å². The van der Waals surface area contributed by atoms with E-state index in [1.54, 1.807) is 0 Å². The number of rotatable bonds is 8. The predicted molar refractivity (Wildman–Crippen MR) is 118 cm³/mol. The van der Waals surface area contributed by atoms with Gasteiger partial charge in [-0.2, -0.15) is 0 Å². The number of fused-ring (bicyclic) bond motifs is 1. The number of nitrogens with zero attached hydrogens (tertiary/aromatic N) is 3. The Morgan fingerprint density at radius 1 is 1.29 bits per heavy atom. The first-order valence-corrected chi connectivity index (χ1v) is 9.59. The van der Waals surface area contributed by atoms with E-state index >= 15 is 0 Å². The van der Waals surface area contributed by atoms with Crippen LogP contribution in [-0.2, 0) is 4.74 Å². The van der Waals surface area contributed by atoms with Crippen LogP contribution in [0.15, 0.2) is 36.6 Å². The Balaban J connectivity index is 1.84. The molecule has 0 unspecified atom stereocenters. The van der Waals surface area contributed by atoms with Gasteiger partial charge in [0.15, 0.2) is 11.5 Å². The lowest BCUT2D eigenvalue weighted by Gasteiger charge is -2.26. The molecule has 31 heavy (non-hydrogen) atoms. The van der Waals surface area contributed by atoms with Crippen molar-refractivity contribution in [3.8, 4) is 11.5 Å². The van der Waals surface area contributed by atoms with E-state index in [9.17, 15) is 4.39 Å². The number of nitrogens with one attached hydrogen (secondary N) is 1. The topological polar surface area (TPSA) is 68.7 Å². The van der Waals surface area contributed by atoms with Gasteiger partial charge in [-0.25, -0.2) is 14.4 Å². The van der Waals surface area contributed by atoms with Gasteiger partial charge >= 0.3 is 0 Å². The van der Waals surface area contributed by atoms with Crippen LogP contribution in [0.1, 0.15) is 18.7 Å². The highest BCUT2D eigenvalue weighted by Gasteiger charge is 2.14. The van der Waals surface area contributed by atoms with Crippen LogP contribution in [0.2, 0.25) is 5.02 Å². The summed E-state index contributed by atoms with van der Waals surface area (Å²) in [6.07, 6.45) is -3.85. The minimum atomic E-state index is -3.40. The Bertz CT molecular complexity index is 1440. The van der Waals surface area contributed by atoms with Crippen molar-refractivity contribution in [1.29, 1.82) is 0 Å². The van der Waals surface area contributed by atoms with Gasteiger partial charge in [0.05, 0.1) is 42.9 Å². The first-order valence-electron chi connectivity index (χ1n) is 13.7. The number of hydrogen-bond donors (Lipinski definition) is 1. The molecule has 1 aliphatic heterocycles. The van der Waals surface area contributed by atoms with Crippen molar-refractivity contribution < 1.29 is 30.9 Å². The monoisotopic (exact) mass is 455 g/mol. The summed E-state index contributed by atoms with van der Waals surface area (Å²) in [4.78, 5) is 8.96. The number of benzene rings is 2. The van der Waals surface area contributed by atoms with E-state index in [1.165, 1.54) is 12.1 Å². The second kappa shape index (κ2) is 10.1. The minimum absolute atomic E-state index is 0.0116. The normalized spacial score (nSPS) is 20.2. The zero-order valence-corrected chi connectivity index (χ0v) is 17.1. The highest BCUT2D eigenvalue weighted by atomic mass is 35.5. The molecule has 2 heterocycles. The van der Waals surface area contributed by atoms with Crippen LogP contribution < -0.4 is 14.8 Å². The fourth-order valence-corrected chi connectivity index (χ4v) is 2.94. The van der Waals surface area contributed by atoms with E-state index in [0.717, 1.165) is 18.1 Å². The van der Waals surface area contributed by atoms with Crippen molar-refractivity contribution in [2.75, 3.05) is 51.8 Å². The predicted octanol–water partition coefficient (Wildman–Crippen LogP) is 4.28. The number of methoxy groups -OCH3 is 1. The Kier molecular flexibility index (Phi) is 4.23. The smallest absolute Gasteiger partial charge is 0.162 e. The maximum Gasteiger partial charge on any atom is 0.162 e. The van der Waals surface area contributed by atoms with Gasteiger partial charge in [0, 0.05) is 42.2 Å². The van der Waals surface area contributed by atoms with Crippen molar-refractivity contribution >= 4 is 34.0 Å². The van der Waals surface area contributed by atoms with Crippen LogP contribution in [-0.4, -0.2) is 61.3 Å². The molecule has 7 nitrogen and oxygen atoms in total. The molecule has 4 rings (SSSR count). The molecule has 1 saturated heterocycles. The zero-order chi connectivity index (χ0) is 29.6. The van der Waals surface area contributed by atoms with E-state index in [2.05, 4.69) is 15.3 Å². The average molecular weight is 456 g/mol. The van der Waals surface area contributed by atoms with Gasteiger partial charge in [-0.15, -0.1) is 0 Å². The Morgan fingerprint density at radius 3 is 2.90 bits per heavy atom. The standard InChI is InChI=1S/C22H24ClFN4O3/c1-29-20-13-19-16(12-21(20)31-8-2-5-28-6-9-30-10-7-28)22(26-14-25-19)27-15-3-4-18(24)17(23)11-15/h3-4,11-14H,2,5-10H2,1H3,(H,25,26,27)/i2D2,5D2,8D2,12D,13D,14D. The number of hydrogen-bond acceptors (Lipinski definition) is 7. The van der Waals surface area contributed by atoms with Crippen molar-refractivity contribution in [3.05, 3.63) is 47.4 Å². The lowest BCUT2D eigenvalue weighted by Crippen LogP contribution is -2.37. The van der Waals surface area contributed by atoms with Gasteiger partial charge in [-0.3, -0.25) is 4.90 Å². The maximum atomic E-state index is 13.7. The molecule has 0 bridgehead atoms. The first kappa shape index (κ1) is 13.0. The van der Waals surface area contributed by atoms with Gasteiger partial charge < -0.3 is 19.5 Å². The molecule has 1 N–H and O–H groups in total. The van der Waals surface area contributed by atoms with Crippen molar-refractivity contribution in [3.63, 3.8) is 0 Å². The van der Waals surface area contributed by atoms with Crippen LogP contribution in [0.4, 0.5) is 15.9 Å². The number of ether oxygens (including phenoxy) is 3. The molecular weight excluding hydrogens is 423 g/mol. The molecule has 1 aliphatic rings. The number of morpholine rings is 1. The van der Waals surface area contributed by atoms with Gasteiger partial charge in [-0.1, -0.05) is 11.6 Å². The third-order valence-corrected chi connectivity index (χ3v) is 4.58. The molecular formula is C22H24ClFN4O3. The summed E-state index contributed by atoms with van der Waals surface area (Å²) in [5, 5.41) is 2.34. The van der Waals surface area contributed by atoms with E-state index in [0.29, 0.717) is 0 Å². The van der Waals surface area contributed by atoms with Gasteiger partial charge in [0.2, 0.25) is 0 Å². The molecule has 3 aromatic rings. The van der Waals surface area contributed by atoms with Crippen LogP contribution in [0.5, 0.6) is 11.5 Å². The minimum Gasteiger partial charge on any atom is -0.493 e. The second-order valence-electron chi connectivity index (χ2n) is 6.30. The van der Waals surface area contributed by atoms with E-state index < -0.39 is 55.1 Å². The Hall–Kier alpha value is -2.68. The molecule has 1 aromatic heterocycles. The largest absolute Gasteiger partial charge is 0.493 e. The van der Waals surface area contributed by atoms with Crippen molar-refractivity contribution in [2.24, 2.45) is 0 Å². The van der Waals surface area contributed by atoms with Gasteiger partial charge in [0.1, 0.15) is 19.3 Å². The molecule has 164 valence electrons. The highest BCUT2D eigenvalue weighted by molar-refractivity contribution is 6.31. The zero-order valence-electron chi connectivity index (χ0n) is 25.4. The number of aromatic nitrogens is 2. The second-order valence-corrected chi connectivity index (χ2v) is 6.71. The van der Waals surface area contributed by atoms with E-state index in [1.807, 2.05) is 0 Å². The fourth-order valence-electron chi connectivity index (χ4n) is 2.76. The highest BCUT2D eigenvalue weighted by Crippen LogP contribution is 2.35. The molecule has 1 fully saturated rings. The molecule has 0 amide bonds. The summed E-state index contributed by atoms with van der Waals surface area (Å²) in [6, 6.07) is 2.45. The van der Waals surface area contributed by atoms with Crippen LogP contribution in [0.3, 0.4) is 0 Å². The first-order chi connectivity index (χ1) is 18.6. The molecule has 0 spiro atoms. The number of halogens is 2. The quantitative estimate of drug-likeness (QED) is 0.543. The van der Waals surface area contributed by atoms with Crippen LogP contribution >= 0.6 is 11.6 Å². The molecule has 0 saturated carbocycles. The van der Waals surface area contributed by atoms with Crippen molar-refractivity contribution in [1.82, 2.24) is 14.9 Å². The molecule has 0 aliphatic carbocycles. The summed E-state index contributed by atoms with van der Waals surface area (Å²) >= 11 is 5.85. The van der Waals surface area contributed by atoms with Crippen molar-refractivity contribution in [2.45, 2.75) is 6.37 Å². The maximum absolute atomic E-state index is 13.7. The summed E-state index contributed by atoms with van der Waals surface area (Å²) in [5.41, 5.74) is -0.0301. The Labute approximate surface area is 197 Å². The third-order valence-electron chi connectivity index (χ3n) is 4.29. The molecule has 2 aromatic carbocycles. The van der Waals surface area contributed by atoms with Crippen LogP contribution in [0.25, 0.3) is 10.9 Å². The van der Waals surface area contributed by atoms with Crippen LogP contribution in [0, 0.1) is 5.82 Å². The van der Waals surface area contributed by atoms with E-state index in [4.69, 9.17) is 38.1 Å². The lowest BCUT2D eigenvalue weighted by molar-refractivity contribution is 0.0357. The average Bonchev–Trinajstić information content (AvgIpc) is 2.89. The SMILES string of the molecule is [2H]c1nc(Nc2ccc(F)c(Cl)c2)c2c([2H])c(OC([2H])([2H])C([2H])([2H])C([2H])([2H])N3CCOCC3)c(OC)c([2H])c2n1. The molecule has 0 radical (unpaired) electrons. The Morgan fingerprint density at radius 2 is 2.13 bits per heavy atom. The fraction of sp³-hybridized carbons (Fsp3) is 0.364. The summed E-state index contributed by atoms with van der Waals surface area (Å²) in [6.45, 7) is -5.98.